The lowest BCUT2D eigenvalue weighted by molar-refractivity contribution is -0.137. The molecule has 0 bridgehead atoms. The van der Waals surface area contributed by atoms with E-state index >= 15 is 0 Å². The fraction of sp³-hybridized carbons (Fsp3) is 0.500. The number of hydrogen-bond acceptors (Lipinski definition) is 5. The number of nitrogens with zero attached hydrogens (tertiary/aromatic N) is 3. The average molecular weight is 434 g/mol. The molecule has 0 radical (unpaired) electrons. The topological polar surface area (TPSA) is 62.7 Å². The first-order valence-electron chi connectivity index (χ1n) is 11.8. The van der Waals surface area contributed by atoms with Gasteiger partial charge in [0.1, 0.15) is 5.60 Å². The molecule has 1 aromatic heterocycles. The second-order valence-electron chi connectivity index (χ2n) is 9.43. The normalized spacial score (nSPS) is 25.0. The quantitative estimate of drug-likeness (QED) is 0.670. The van der Waals surface area contributed by atoms with Crippen LogP contribution in [0.15, 0.2) is 42.5 Å². The van der Waals surface area contributed by atoms with Gasteiger partial charge < -0.3 is 14.5 Å². The summed E-state index contributed by atoms with van der Waals surface area (Å²) < 4.78 is 5.92. The number of carbonyl (C=O) groups is 2. The number of carbonyl (C=O) groups excluding carboxylic acids is 2. The Morgan fingerprint density at radius 2 is 1.84 bits per heavy atom. The third kappa shape index (κ3) is 3.92. The highest BCUT2D eigenvalue weighted by Crippen LogP contribution is 2.48. The molecule has 168 valence electrons. The van der Waals surface area contributed by atoms with Crippen molar-refractivity contribution < 1.29 is 14.3 Å². The molecular formula is C26H31N3O3. The van der Waals surface area contributed by atoms with Gasteiger partial charge in [-0.05, 0) is 57.7 Å². The first kappa shape index (κ1) is 21.1. The molecule has 3 aliphatic rings. The summed E-state index contributed by atoms with van der Waals surface area (Å²) in [6, 6.07) is 13.8. The van der Waals surface area contributed by atoms with E-state index in [-0.39, 0.29) is 17.8 Å². The van der Waals surface area contributed by atoms with E-state index in [4.69, 9.17) is 4.74 Å². The lowest BCUT2D eigenvalue weighted by atomic mass is 9.75. The van der Waals surface area contributed by atoms with Gasteiger partial charge in [0.05, 0.1) is 5.69 Å². The number of amides is 1. The van der Waals surface area contributed by atoms with Gasteiger partial charge in [-0.25, -0.2) is 9.78 Å². The van der Waals surface area contributed by atoms with Crippen molar-refractivity contribution in [2.75, 3.05) is 33.2 Å². The molecule has 2 fully saturated rings. The first-order valence-corrected chi connectivity index (χ1v) is 11.8. The van der Waals surface area contributed by atoms with Crippen LogP contribution in [-0.4, -0.2) is 59.9 Å². The third-order valence-electron chi connectivity index (χ3n) is 7.41. The van der Waals surface area contributed by atoms with Crippen LogP contribution in [0.2, 0.25) is 0 Å². The molecule has 6 heteroatoms. The van der Waals surface area contributed by atoms with Crippen LogP contribution in [0.1, 0.15) is 54.6 Å². The highest BCUT2D eigenvalue weighted by Gasteiger charge is 2.49. The zero-order chi connectivity index (χ0) is 22.1. The fourth-order valence-corrected chi connectivity index (χ4v) is 5.45. The smallest absolute Gasteiger partial charge is 0.358 e. The van der Waals surface area contributed by atoms with E-state index in [1.165, 1.54) is 12.8 Å². The van der Waals surface area contributed by atoms with Gasteiger partial charge in [0.2, 0.25) is 5.91 Å². The van der Waals surface area contributed by atoms with Crippen LogP contribution in [-0.2, 0) is 15.1 Å². The van der Waals surface area contributed by atoms with Gasteiger partial charge in [0.25, 0.3) is 0 Å². The maximum absolute atomic E-state index is 13.0. The largest absolute Gasteiger partial charge is 0.449 e. The molecule has 1 spiro atoms. The van der Waals surface area contributed by atoms with Crippen LogP contribution >= 0.6 is 0 Å². The second-order valence-corrected chi connectivity index (χ2v) is 9.43. The Morgan fingerprint density at radius 1 is 1.12 bits per heavy atom. The fourth-order valence-electron chi connectivity index (χ4n) is 5.45. The van der Waals surface area contributed by atoms with Crippen molar-refractivity contribution in [2.24, 2.45) is 5.92 Å². The van der Waals surface area contributed by atoms with Crippen LogP contribution in [0.3, 0.4) is 0 Å². The summed E-state index contributed by atoms with van der Waals surface area (Å²) in [5, 5.41) is 0. The maximum atomic E-state index is 13.0. The van der Waals surface area contributed by atoms with Crippen LogP contribution in [0.4, 0.5) is 0 Å². The molecule has 0 N–H and O–H groups in total. The van der Waals surface area contributed by atoms with Crippen molar-refractivity contribution in [3.05, 3.63) is 53.7 Å². The molecule has 0 atom stereocenters. The minimum Gasteiger partial charge on any atom is -0.449 e. The number of esters is 1. The highest BCUT2D eigenvalue weighted by atomic mass is 16.6. The minimum atomic E-state index is -0.625. The van der Waals surface area contributed by atoms with Gasteiger partial charge in [-0.15, -0.1) is 0 Å². The Morgan fingerprint density at radius 3 is 2.56 bits per heavy atom. The predicted molar refractivity (Wildman–Crippen MR) is 122 cm³/mol. The van der Waals surface area contributed by atoms with Crippen LogP contribution < -0.4 is 0 Å². The molecule has 0 unspecified atom stereocenters. The van der Waals surface area contributed by atoms with Crippen LogP contribution in [0, 0.1) is 5.92 Å². The van der Waals surface area contributed by atoms with E-state index in [1.807, 2.05) is 54.4 Å². The van der Waals surface area contributed by atoms with E-state index in [1.54, 1.807) is 0 Å². The summed E-state index contributed by atoms with van der Waals surface area (Å²) in [4.78, 5) is 34.7. The van der Waals surface area contributed by atoms with Crippen molar-refractivity contribution in [3.8, 4) is 11.3 Å². The number of aromatic nitrogens is 1. The van der Waals surface area contributed by atoms with Gasteiger partial charge in [0.15, 0.2) is 5.69 Å². The molecule has 1 saturated heterocycles. The second kappa shape index (κ2) is 8.66. The molecule has 1 aliphatic carbocycles. The summed E-state index contributed by atoms with van der Waals surface area (Å²) in [6.45, 7) is 4.04. The Labute approximate surface area is 189 Å². The molecule has 1 saturated carbocycles. The number of benzene rings is 1. The van der Waals surface area contributed by atoms with Crippen molar-refractivity contribution in [3.63, 3.8) is 0 Å². The van der Waals surface area contributed by atoms with Crippen LogP contribution in [0.5, 0.6) is 0 Å². The molecule has 2 aliphatic heterocycles. The number of likely N-dealkylation sites (tertiary alicyclic amines) is 1. The number of pyridine rings is 1. The Balaban J connectivity index is 1.25. The van der Waals surface area contributed by atoms with Crippen LogP contribution in [0.25, 0.3) is 11.3 Å². The highest BCUT2D eigenvalue weighted by molar-refractivity contribution is 5.93. The van der Waals surface area contributed by atoms with E-state index < -0.39 is 5.60 Å². The Kier molecular flexibility index (Phi) is 5.72. The minimum absolute atomic E-state index is 0.00325. The molecule has 1 aromatic carbocycles. The van der Waals surface area contributed by atoms with E-state index in [2.05, 4.69) is 9.88 Å². The number of likely N-dealkylation sites (N-methyl/N-ethyl adjacent to an activating group) is 1. The number of hydrogen-bond donors (Lipinski definition) is 0. The zero-order valence-electron chi connectivity index (χ0n) is 18.8. The van der Waals surface area contributed by atoms with Crippen molar-refractivity contribution >= 4 is 11.9 Å². The molecule has 3 heterocycles. The summed E-state index contributed by atoms with van der Waals surface area (Å²) in [5.74, 6) is -0.116. The number of ether oxygens (including phenoxy) is 1. The van der Waals surface area contributed by atoms with Gasteiger partial charge >= 0.3 is 5.97 Å². The van der Waals surface area contributed by atoms with Gasteiger partial charge in [-0.3, -0.25) is 4.79 Å². The first-order chi connectivity index (χ1) is 15.6. The zero-order valence-corrected chi connectivity index (χ0v) is 18.8. The van der Waals surface area contributed by atoms with E-state index in [9.17, 15) is 9.59 Å². The molecular weight excluding hydrogens is 402 g/mol. The van der Waals surface area contributed by atoms with Crippen molar-refractivity contribution in [2.45, 2.75) is 44.1 Å². The summed E-state index contributed by atoms with van der Waals surface area (Å²) in [5.41, 5.74) is 2.45. The van der Waals surface area contributed by atoms with E-state index in [0.717, 1.165) is 55.8 Å². The Bertz CT molecular complexity index is 993. The molecule has 6 nitrogen and oxygen atoms in total. The van der Waals surface area contributed by atoms with Gasteiger partial charge in [-0.2, -0.15) is 0 Å². The maximum Gasteiger partial charge on any atom is 0.358 e. The van der Waals surface area contributed by atoms with E-state index in [0.29, 0.717) is 18.5 Å². The lowest BCUT2D eigenvalue weighted by Crippen LogP contribution is -2.41. The SMILES string of the molecule is CN(CCN1CCCC1)C(=O)[C@H]1CC[C@@]2(CC1)OC(=O)c1nc(-c3ccccc3)ccc12. The monoisotopic (exact) mass is 433 g/mol. The number of rotatable bonds is 5. The molecule has 1 amide bonds. The van der Waals surface area contributed by atoms with Crippen molar-refractivity contribution in [1.82, 2.24) is 14.8 Å². The summed E-state index contributed by atoms with van der Waals surface area (Å²) in [7, 11) is 1.92. The average Bonchev–Trinajstić information content (AvgIpc) is 3.45. The van der Waals surface area contributed by atoms with Crippen molar-refractivity contribution in [1.29, 1.82) is 0 Å². The standard InChI is InChI=1S/C26H31N3O3/c1-28(17-18-29-15-5-6-16-29)24(30)20-11-13-26(14-12-20)21-9-10-22(19-7-3-2-4-8-19)27-23(21)25(31)32-26/h2-4,7-10,20H,5-6,11-18H2,1H3/t20-,26-. The summed E-state index contributed by atoms with van der Waals surface area (Å²) in [6.07, 6.45) is 5.36. The van der Waals surface area contributed by atoms with Gasteiger partial charge in [-0.1, -0.05) is 36.4 Å². The molecule has 5 rings (SSSR count). The van der Waals surface area contributed by atoms with Gasteiger partial charge in [0, 0.05) is 37.2 Å². The molecule has 2 aromatic rings. The molecule has 32 heavy (non-hydrogen) atoms. The lowest BCUT2D eigenvalue weighted by Gasteiger charge is -2.37. The Hall–Kier alpha value is -2.73. The predicted octanol–water partition coefficient (Wildman–Crippen LogP) is 3.86. The number of fused-ring (bicyclic) bond motifs is 2. The summed E-state index contributed by atoms with van der Waals surface area (Å²) >= 11 is 0. The third-order valence-corrected chi connectivity index (χ3v) is 7.41.